The van der Waals surface area contributed by atoms with Crippen LogP contribution < -0.4 is 0 Å². The zero-order valence-corrected chi connectivity index (χ0v) is 27.2. The molecule has 0 fully saturated rings. The molecule has 0 spiro atoms. The molecule has 0 amide bonds. The molecule has 0 bridgehead atoms. The molecule has 3 aromatic rings. The maximum atomic E-state index is 9.36. The molecule has 1 atom stereocenters. The predicted molar refractivity (Wildman–Crippen MR) is 164 cm³/mol. The molecule has 3 aromatic carbocycles. The van der Waals surface area contributed by atoms with Crippen molar-refractivity contribution >= 4 is 39.9 Å². The van der Waals surface area contributed by atoms with Crippen LogP contribution in [-0.4, -0.2) is 20.2 Å². The van der Waals surface area contributed by atoms with Crippen molar-refractivity contribution in [1.82, 2.24) is 0 Å². The van der Waals surface area contributed by atoms with Gasteiger partial charge in [0.1, 0.15) is 5.75 Å². The van der Waals surface area contributed by atoms with E-state index in [1.54, 1.807) is 26.0 Å². The summed E-state index contributed by atoms with van der Waals surface area (Å²) in [5.74, 6) is 0.873. The van der Waals surface area contributed by atoms with Gasteiger partial charge in [-0.1, -0.05) is 46.6 Å². The molecule has 0 aliphatic heterocycles. The van der Waals surface area contributed by atoms with Crippen molar-refractivity contribution in [3.8, 4) is 5.75 Å². The Hall–Kier alpha value is -1.68. The van der Waals surface area contributed by atoms with E-state index in [1.807, 2.05) is 73.7 Å². The summed E-state index contributed by atoms with van der Waals surface area (Å²) in [5.41, 5.74) is 5.18. The number of hydrogen-bond acceptors (Lipinski definition) is 1. The van der Waals surface area contributed by atoms with Crippen molar-refractivity contribution in [2.24, 2.45) is 5.92 Å². The Morgan fingerprint density at radius 3 is 1.43 bits per heavy atom. The van der Waals surface area contributed by atoms with Crippen molar-refractivity contribution < 1.29 is 25.1 Å². The Labute approximate surface area is 253 Å². The Morgan fingerprint density at radius 1 is 0.811 bits per heavy atom. The van der Waals surface area contributed by atoms with E-state index in [1.165, 1.54) is 16.7 Å². The standard InChI is InChI=1S/C11H16O.C8H10Si.2C6H5.CH2.2ClH.Ti/c1-8-5-9(11(2,3)4)7-10(12)6-8;1-5-4-8(9)7(3)6(5)2;2*1-2-4-6-5-3-1;;;;/h5-7,12H,1-4H3;5H,1-3H3;2*1-5H;1H2;2*1H;/q;3*-1;;;;. The van der Waals surface area contributed by atoms with Gasteiger partial charge in [-0.3, -0.25) is 6.08 Å². The van der Waals surface area contributed by atoms with Gasteiger partial charge < -0.3 is 5.11 Å². The van der Waals surface area contributed by atoms with E-state index >= 15 is 0 Å². The van der Waals surface area contributed by atoms with Crippen molar-refractivity contribution in [3.63, 3.8) is 0 Å². The maximum absolute atomic E-state index is 9.36. The van der Waals surface area contributed by atoms with E-state index in [4.69, 9.17) is 0 Å². The van der Waals surface area contributed by atoms with Crippen LogP contribution in [0, 0.1) is 31.1 Å². The summed E-state index contributed by atoms with van der Waals surface area (Å²) in [7, 11) is 3.48. The summed E-state index contributed by atoms with van der Waals surface area (Å²) in [6.07, 6.45) is 3.27. The van der Waals surface area contributed by atoms with Gasteiger partial charge in [-0.25, -0.2) is 10.8 Å². The van der Waals surface area contributed by atoms with Gasteiger partial charge in [-0.15, -0.1) is 31.7 Å². The summed E-state index contributed by atoms with van der Waals surface area (Å²) < 4.78 is 0. The average molecular weight is 588 g/mol. The van der Waals surface area contributed by atoms with Crippen LogP contribution in [0.25, 0.3) is 0 Å². The summed E-state index contributed by atoms with van der Waals surface area (Å²) in [4.78, 5) is 3.25. The van der Waals surface area contributed by atoms with Gasteiger partial charge in [-0.2, -0.15) is 78.4 Å². The molecule has 5 heteroatoms. The number of phenols is 1. The Kier molecular flexibility index (Phi) is 24.0. The minimum absolute atomic E-state index is 0. The molecule has 1 nitrogen and oxygen atoms in total. The zero-order chi connectivity index (χ0) is 26.9. The monoisotopic (exact) mass is 586 g/mol. The third kappa shape index (κ3) is 18.3. The molecule has 3 radical (unpaired) electrons. The number of aryl methyl sites for hydroxylation is 1. The van der Waals surface area contributed by atoms with Gasteiger partial charge in [0, 0.05) is 10.2 Å². The molecular weight excluding hydrogens is 547 g/mol. The first kappa shape index (κ1) is 39.8. The summed E-state index contributed by atoms with van der Waals surface area (Å²) in [5, 5.41) is 10.5. The van der Waals surface area contributed by atoms with Crippen molar-refractivity contribution in [1.29, 1.82) is 0 Å². The molecule has 4 rings (SSSR count). The molecule has 0 saturated heterocycles. The number of halogens is 2. The number of phenolic OH excluding ortho intramolecular Hbond substituents is 1. The number of hydrogen-bond donors (Lipinski definition) is 1. The molecule has 37 heavy (non-hydrogen) atoms. The second kappa shape index (κ2) is 22.3. The van der Waals surface area contributed by atoms with Gasteiger partial charge in [0.25, 0.3) is 0 Å². The maximum Gasteiger partial charge on any atom is -0.171 e. The average Bonchev–Trinajstić information content (AvgIpc) is 3.08. The van der Waals surface area contributed by atoms with Crippen LogP contribution in [0.2, 0.25) is 0 Å². The molecule has 1 aliphatic rings. The van der Waals surface area contributed by atoms with Gasteiger partial charge in [-0.05, 0) is 35.6 Å². The van der Waals surface area contributed by atoms with Gasteiger partial charge in [0.2, 0.25) is 0 Å². The largest absolute Gasteiger partial charge is 0.184 e. The minimum atomic E-state index is 0. The van der Waals surface area contributed by atoms with Crippen LogP contribution in [0.15, 0.2) is 95.2 Å². The second-order valence-corrected chi connectivity index (χ2v) is 9.51. The number of rotatable bonds is 0. The third-order valence-electron chi connectivity index (χ3n) is 5.12. The summed E-state index contributed by atoms with van der Waals surface area (Å²) >= 11 is 1.75. The normalized spacial score (nSPS) is 13.1. The van der Waals surface area contributed by atoms with Gasteiger partial charge in [0.15, 0.2) is 0 Å². The molecule has 0 aromatic heterocycles. The smallest absolute Gasteiger partial charge is 0.171 e. The van der Waals surface area contributed by atoms with Crippen LogP contribution in [0.1, 0.15) is 52.7 Å². The fourth-order valence-corrected chi connectivity index (χ4v) is 3.25. The van der Waals surface area contributed by atoms with E-state index in [0.717, 1.165) is 10.8 Å². The molecule has 1 unspecified atom stereocenters. The van der Waals surface area contributed by atoms with Crippen molar-refractivity contribution in [2.75, 3.05) is 0 Å². The Bertz CT molecular complexity index is 924. The predicted octanol–water partition coefficient (Wildman–Crippen LogP) is 8.61. The first-order chi connectivity index (χ1) is 16.5. The van der Waals surface area contributed by atoms with Crippen LogP contribution in [0.4, 0.5) is 0 Å². The third-order valence-corrected chi connectivity index (χ3v) is 5.64. The molecular formula is C32H40Cl2OSiTi-3. The second-order valence-electron chi connectivity index (χ2n) is 9.01. The summed E-state index contributed by atoms with van der Waals surface area (Å²) in [6.45, 7) is 14.8. The molecule has 199 valence electrons. The quantitative estimate of drug-likeness (QED) is 0.206. The van der Waals surface area contributed by atoms with Gasteiger partial charge >= 0.3 is 24.8 Å². The number of benzene rings is 3. The molecule has 1 aliphatic carbocycles. The van der Waals surface area contributed by atoms with Crippen molar-refractivity contribution in [3.05, 3.63) is 125 Å². The Morgan fingerprint density at radius 2 is 1.24 bits per heavy atom. The SMILES string of the molecule is CC1=C(C)C(C)[C-]=C1[Si].Cc1cc(O)cc(C(C)(C)C)c1.Cl.Cl.[CH2]=[Ti].[c-]1ccccc1.[c-]1ccccc1. The van der Waals surface area contributed by atoms with E-state index in [9.17, 15) is 5.11 Å². The minimum Gasteiger partial charge on any atom is -0.184 e. The molecule has 1 N–H and O–H groups in total. The van der Waals surface area contributed by atoms with Crippen LogP contribution in [0.3, 0.4) is 0 Å². The molecule has 0 heterocycles. The van der Waals surface area contributed by atoms with E-state index in [0.29, 0.717) is 11.7 Å². The zero-order valence-electron chi connectivity index (χ0n) is 23.1. The first-order valence-electron chi connectivity index (χ1n) is 11.5. The first-order valence-corrected chi connectivity index (χ1v) is 13.1. The van der Waals surface area contributed by atoms with Crippen LogP contribution >= 0.6 is 24.8 Å². The van der Waals surface area contributed by atoms with E-state index < -0.39 is 0 Å². The van der Waals surface area contributed by atoms with Crippen LogP contribution in [-0.2, 0) is 25.4 Å². The topological polar surface area (TPSA) is 20.2 Å². The van der Waals surface area contributed by atoms with Crippen molar-refractivity contribution in [2.45, 2.75) is 53.9 Å². The van der Waals surface area contributed by atoms with Crippen LogP contribution in [0.5, 0.6) is 5.75 Å². The van der Waals surface area contributed by atoms with E-state index in [2.05, 4.69) is 80.9 Å². The summed E-state index contributed by atoms with van der Waals surface area (Å²) in [6, 6.07) is 30.7. The Balaban J connectivity index is -0.000000414. The number of allylic oxidation sites excluding steroid dienone is 4. The fourth-order valence-electron chi connectivity index (χ4n) is 2.83. The molecule has 0 saturated carbocycles. The van der Waals surface area contributed by atoms with Gasteiger partial charge in [0.05, 0.1) is 0 Å². The van der Waals surface area contributed by atoms with E-state index in [-0.39, 0.29) is 30.2 Å². The fraction of sp³-hybridized carbons (Fsp3) is 0.281. The number of aromatic hydroxyl groups is 1.